The van der Waals surface area contributed by atoms with E-state index < -0.39 is 11.8 Å². The average Bonchev–Trinajstić information content (AvgIpc) is 3.10. The van der Waals surface area contributed by atoms with Crippen LogP contribution in [0.3, 0.4) is 0 Å². The molecule has 1 unspecified atom stereocenters. The molecule has 2 aromatic rings. The van der Waals surface area contributed by atoms with Crippen molar-refractivity contribution in [1.82, 2.24) is 5.48 Å². The minimum absolute atomic E-state index is 0.0751. The first-order chi connectivity index (χ1) is 11.7. The number of aliphatic hydroxyl groups excluding tert-OH is 1. The third kappa shape index (κ3) is 3.27. The quantitative estimate of drug-likeness (QED) is 0.732. The van der Waals surface area contributed by atoms with Crippen LogP contribution in [0, 0.1) is 6.92 Å². The van der Waals surface area contributed by atoms with Gasteiger partial charge in [-0.05, 0) is 42.8 Å². The van der Waals surface area contributed by atoms with Crippen LogP contribution < -0.4 is 5.48 Å². The third-order valence-corrected chi connectivity index (χ3v) is 5.50. The Balaban J connectivity index is 2.13. The number of aryl methyl sites for hydroxylation is 1. The van der Waals surface area contributed by atoms with Crippen molar-refractivity contribution in [3.05, 3.63) is 61.3 Å². The molecule has 0 spiro atoms. The van der Waals surface area contributed by atoms with Crippen LogP contribution in [0.1, 0.15) is 20.9 Å². The zero-order valence-electron chi connectivity index (χ0n) is 12.7. The number of benzene rings is 1. The number of alkyl halides is 3. The van der Waals surface area contributed by atoms with Gasteiger partial charge < -0.3 is 5.11 Å². The topological polar surface area (TPSA) is 41.5 Å². The Labute approximate surface area is 155 Å². The molecule has 0 saturated heterocycles. The van der Waals surface area contributed by atoms with Crippen LogP contribution in [0.5, 0.6) is 0 Å². The molecule has 25 heavy (non-hydrogen) atoms. The van der Waals surface area contributed by atoms with Gasteiger partial charge in [-0.2, -0.15) is 13.2 Å². The first-order valence-corrected chi connectivity index (χ1v) is 8.64. The van der Waals surface area contributed by atoms with Gasteiger partial charge in [0.25, 0.3) is 0 Å². The normalized spacial score (nSPS) is 20.5. The number of rotatable bonds is 3. The molecule has 9 heteroatoms. The zero-order valence-corrected chi connectivity index (χ0v) is 15.1. The third-order valence-electron chi connectivity index (χ3n) is 3.81. The molecule has 1 aromatic heterocycles. The van der Waals surface area contributed by atoms with Crippen molar-refractivity contribution >= 4 is 40.2 Å². The van der Waals surface area contributed by atoms with Crippen LogP contribution in [-0.2, 0) is 17.0 Å². The Bertz CT molecular complexity index is 830. The lowest BCUT2D eigenvalue weighted by Crippen LogP contribution is -2.42. The summed E-state index contributed by atoms with van der Waals surface area (Å²) >= 11 is 12.9. The van der Waals surface area contributed by atoms with E-state index in [1.807, 2.05) is 0 Å². The van der Waals surface area contributed by atoms with Crippen molar-refractivity contribution in [2.45, 2.75) is 25.3 Å². The summed E-state index contributed by atoms with van der Waals surface area (Å²) in [7, 11) is 0. The van der Waals surface area contributed by atoms with E-state index in [-0.39, 0.29) is 27.9 Å². The van der Waals surface area contributed by atoms with Crippen LogP contribution in [0.15, 0.2) is 30.3 Å². The van der Waals surface area contributed by atoms with E-state index in [0.717, 1.165) is 11.6 Å². The smallest absolute Gasteiger partial charge is 0.391 e. The molecule has 2 heterocycles. The lowest BCUT2D eigenvalue weighted by molar-refractivity contribution is -0.269. The van der Waals surface area contributed by atoms with Gasteiger partial charge in [0.05, 0.1) is 17.2 Å². The fraction of sp³-hybridized carbons (Fsp3) is 0.250. The maximum absolute atomic E-state index is 13.9. The maximum atomic E-state index is 13.9. The van der Waals surface area contributed by atoms with Crippen LogP contribution in [0.4, 0.5) is 13.2 Å². The Hall–Kier alpha value is -1.25. The lowest BCUT2D eigenvalue weighted by Gasteiger charge is -2.28. The molecule has 0 bridgehead atoms. The summed E-state index contributed by atoms with van der Waals surface area (Å²) in [6.07, 6.45) is -3.79. The van der Waals surface area contributed by atoms with Gasteiger partial charge in [-0.3, -0.25) is 10.3 Å². The molecule has 0 saturated carbocycles. The Kier molecular flexibility index (Phi) is 4.81. The molecule has 1 aliphatic rings. The predicted molar refractivity (Wildman–Crippen MR) is 91.4 cm³/mol. The first kappa shape index (κ1) is 18.5. The summed E-state index contributed by atoms with van der Waals surface area (Å²) in [5, 5.41) is 9.43. The Morgan fingerprint density at radius 2 is 1.84 bits per heavy atom. The highest BCUT2D eigenvalue weighted by Crippen LogP contribution is 2.48. The predicted octanol–water partition coefficient (Wildman–Crippen LogP) is 5.19. The highest BCUT2D eigenvalue weighted by Gasteiger charge is 2.59. The van der Waals surface area contributed by atoms with Crippen molar-refractivity contribution in [1.29, 1.82) is 0 Å². The summed E-state index contributed by atoms with van der Waals surface area (Å²) in [6.45, 7) is 1.59. The molecule has 0 fully saturated rings. The van der Waals surface area contributed by atoms with Crippen LogP contribution >= 0.6 is 34.5 Å². The molecule has 134 valence electrons. The summed E-state index contributed by atoms with van der Waals surface area (Å²) in [5.74, 6) is 0. The molecular weight excluding hydrogens is 398 g/mol. The van der Waals surface area contributed by atoms with Crippen molar-refractivity contribution in [2.24, 2.45) is 0 Å². The van der Waals surface area contributed by atoms with Crippen LogP contribution in [0.25, 0.3) is 5.70 Å². The second-order valence-corrected chi connectivity index (χ2v) is 7.54. The Morgan fingerprint density at radius 3 is 2.36 bits per heavy atom. The fourth-order valence-corrected chi connectivity index (χ4v) is 4.06. The highest BCUT2D eigenvalue weighted by molar-refractivity contribution is 7.13. The summed E-state index contributed by atoms with van der Waals surface area (Å²) in [4.78, 5) is 6.21. The molecule has 0 radical (unpaired) electrons. The maximum Gasteiger partial charge on any atom is 0.428 e. The molecule has 0 amide bonds. The fourth-order valence-electron chi connectivity index (χ4n) is 2.54. The van der Waals surface area contributed by atoms with E-state index in [4.69, 9.17) is 28.0 Å². The number of halogens is 5. The molecule has 3 rings (SSSR count). The second kappa shape index (κ2) is 6.48. The molecule has 1 aromatic carbocycles. The monoisotopic (exact) mass is 409 g/mol. The number of aliphatic hydroxyl groups is 1. The number of nitrogens with one attached hydrogen (secondary N) is 1. The number of thiophene rings is 1. The van der Waals surface area contributed by atoms with E-state index >= 15 is 0 Å². The van der Waals surface area contributed by atoms with Crippen molar-refractivity contribution in [3.63, 3.8) is 0 Å². The highest BCUT2D eigenvalue weighted by atomic mass is 35.5. The summed E-state index contributed by atoms with van der Waals surface area (Å²) in [5.41, 5.74) is 0.376. The first-order valence-electron chi connectivity index (χ1n) is 7.07. The van der Waals surface area contributed by atoms with Crippen molar-refractivity contribution in [3.8, 4) is 0 Å². The average molecular weight is 410 g/mol. The van der Waals surface area contributed by atoms with Crippen molar-refractivity contribution < 1.29 is 23.1 Å². The van der Waals surface area contributed by atoms with E-state index in [9.17, 15) is 18.3 Å². The number of hydroxylamine groups is 1. The largest absolute Gasteiger partial charge is 0.428 e. The molecular formula is C16H12Cl2F3NO2S. The van der Waals surface area contributed by atoms with Gasteiger partial charge in [-0.1, -0.05) is 23.2 Å². The molecule has 3 nitrogen and oxygen atoms in total. The van der Waals surface area contributed by atoms with Crippen LogP contribution in [-0.4, -0.2) is 11.3 Å². The van der Waals surface area contributed by atoms with Crippen molar-refractivity contribution in [2.75, 3.05) is 0 Å². The van der Waals surface area contributed by atoms with Gasteiger partial charge in [0.15, 0.2) is 0 Å². The SMILES string of the molecule is Cc1cc(C2=CC(c3cc(Cl)cc(Cl)c3)(C(F)(F)F)ON2)sc1CO. The second-order valence-electron chi connectivity index (χ2n) is 5.53. The van der Waals surface area contributed by atoms with Gasteiger partial charge in [0.2, 0.25) is 5.60 Å². The van der Waals surface area contributed by atoms with Gasteiger partial charge in [-0.15, -0.1) is 11.3 Å². The molecule has 1 atom stereocenters. The van der Waals surface area contributed by atoms with Crippen LogP contribution in [0.2, 0.25) is 10.0 Å². The zero-order chi connectivity index (χ0) is 18.4. The number of hydrogen-bond donors (Lipinski definition) is 2. The summed E-state index contributed by atoms with van der Waals surface area (Å²) < 4.78 is 41.6. The van der Waals surface area contributed by atoms with E-state index in [1.54, 1.807) is 13.0 Å². The standard InChI is InChI=1S/C16H12Cl2F3NO2S/c1-8-2-13(25-14(8)7-23)12-6-15(24-22-12,16(19,20)21)9-3-10(17)5-11(18)4-9/h2-6,22-23H,7H2,1H3. The molecule has 1 aliphatic heterocycles. The Morgan fingerprint density at radius 1 is 1.20 bits per heavy atom. The van der Waals surface area contributed by atoms with Gasteiger partial charge in [0.1, 0.15) is 0 Å². The molecule has 2 N–H and O–H groups in total. The minimum atomic E-state index is -4.75. The van der Waals surface area contributed by atoms with E-state index in [1.165, 1.54) is 29.5 Å². The van der Waals surface area contributed by atoms with Gasteiger partial charge in [-0.25, -0.2) is 0 Å². The van der Waals surface area contributed by atoms with E-state index in [0.29, 0.717) is 9.75 Å². The van der Waals surface area contributed by atoms with E-state index in [2.05, 4.69) is 5.48 Å². The van der Waals surface area contributed by atoms with Gasteiger partial charge in [0, 0.05) is 20.5 Å². The lowest BCUT2D eigenvalue weighted by atomic mass is 9.92. The number of hydrogen-bond acceptors (Lipinski definition) is 4. The van der Waals surface area contributed by atoms with Gasteiger partial charge >= 0.3 is 6.18 Å². The molecule has 0 aliphatic carbocycles. The summed E-state index contributed by atoms with van der Waals surface area (Å²) in [6, 6.07) is 5.37. The minimum Gasteiger partial charge on any atom is -0.391 e.